The summed E-state index contributed by atoms with van der Waals surface area (Å²) in [6.07, 6.45) is 7.73. The van der Waals surface area contributed by atoms with E-state index in [1.165, 1.54) is 58.2 Å². The molecule has 24 heavy (non-hydrogen) atoms. The maximum atomic E-state index is 12.5. The van der Waals surface area contributed by atoms with Crippen molar-refractivity contribution in [2.75, 3.05) is 32.7 Å². The summed E-state index contributed by atoms with van der Waals surface area (Å²) in [5.41, 5.74) is 0.750. The van der Waals surface area contributed by atoms with Crippen LogP contribution < -0.4 is 0 Å². The lowest BCUT2D eigenvalue weighted by atomic mass is 9.71. The number of carbonyl (C=O) groups is 1. The highest BCUT2D eigenvalue weighted by Gasteiger charge is 2.39. The van der Waals surface area contributed by atoms with Crippen LogP contribution in [0.2, 0.25) is 0 Å². The van der Waals surface area contributed by atoms with E-state index in [1.54, 1.807) is 0 Å². The van der Waals surface area contributed by atoms with Gasteiger partial charge in [-0.05, 0) is 69.0 Å². The van der Waals surface area contributed by atoms with Crippen LogP contribution in [0.4, 0.5) is 0 Å². The maximum Gasteiger partial charge on any atom is 0.227 e. The van der Waals surface area contributed by atoms with E-state index in [0.29, 0.717) is 16.7 Å². The Morgan fingerprint density at radius 1 is 0.875 bits per heavy atom. The average molecular weight is 337 g/mol. The minimum Gasteiger partial charge on any atom is -0.342 e. The van der Waals surface area contributed by atoms with Crippen LogP contribution in [-0.2, 0) is 4.79 Å². The molecule has 0 aliphatic carbocycles. The van der Waals surface area contributed by atoms with E-state index in [0.717, 1.165) is 13.1 Å². The van der Waals surface area contributed by atoms with Gasteiger partial charge in [-0.25, -0.2) is 0 Å². The van der Waals surface area contributed by atoms with Gasteiger partial charge >= 0.3 is 0 Å². The van der Waals surface area contributed by atoms with Crippen molar-refractivity contribution in [1.82, 2.24) is 9.80 Å². The average Bonchev–Trinajstić information content (AvgIpc) is 2.47. The zero-order valence-corrected chi connectivity index (χ0v) is 17.1. The van der Waals surface area contributed by atoms with Gasteiger partial charge in [-0.1, -0.05) is 41.5 Å². The predicted octanol–water partition coefficient (Wildman–Crippen LogP) is 4.56. The van der Waals surface area contributed by atoms with E-state index in [1.807, 2.05) is 20.8 Å². The Kier molecular flexibility index (Phi) is 6.05. The first-order chi connectivity index (χ1) is 11.0. The SMILES string of the molecule is CC(C)(C)CCCN1CCC2(CC1)CCN(C(=O)C(C)(C)C)CC2. The number of likely N-dealkylation sites (tertiary alicyclic amines) is 2. The fraction of sp³-hybridized carbons (Fsp3) is 0.952. The van der Waals surface area contributed by atoms with Gasteiger partial charge in [-0.15, -0.1) is 0 Å². The smallest absolute Gasteiger partial charge is 0.227 e. The second kappa shape index (κ2) is 7.35. The van der Waals surface area contributed by atoms with Crippen molar-refractivity contribution in [2.24, 2.45) is 16.2 Å². The standard InChI is InChI=1S/C21H40N2O/c1-19(2,3)8-7-13-22-14-9-21(10-15-22)11-16-23(17-12-21)18(24)20(4,5)6/h7-17H2,1-6H3. The second-order valence-corrected chi connectivity index (χ2v) is 10.5. The molecule has 2 aliphatic heterocycles. The Labute approximate surface area is 150 Å². The number of hydrogen-bond acceptors (Lipinski definition) is 2. The molecule has 2 saturated heterocycles. The molecule has 0 radical (unpaired) electrons. The molecule has 3 nitrogen and oxygen atoms in total. The van der Waals surface area contributed by atoms with E-state index in [-0.39, 0.29) is 5.41 Å². The van der Waals surface area contributed by atoms with Gasteiger partial charge in [0, 0.05) is 18.5 Å². The van der Waals surface area contributed by atoms with Crippen LogP contribution in [0.5, 0.6) is 0 Å². The second-order valence-electron chi connectivity index (χ2n) is 10.5. The number of nitrogens with zero attached hydrogens (tertiary/aromatic N) is 2. The zero-order valence-electron chi connectivity index (χ0n) is 17.1. The summed E-state index contributed by atoms with van der Waals surface area (Å²) < 4.78 is 0. The first-order valence-electron chi connectivity index (χ1n) is 10.0. The quantitative estimate of drug-likeness (QED) is 0.754. The van der Waals surface area contributed by atoms with Gasteiger partial charge in [0.25, 0.3) is 0 Å². The molecule has 0 aromatic heterocycles. The van der Waals surface area contributed by atoms with E-state index in [4.69, 9.17) is 0 Å². The lowest BCUT2D eigenvalue weighted by Crippen LogP contribution is -2.50. The predicted molar refractivity (Wildman–Crippen MR) is 102 cm³/mol. The topological polar surface area (TPSA) is 23.6 Å². The van der Waals surface area contributed by atoms with E-state index in [9.17, 15) is 4.79 Å². The third-order valence-corrected chi connectivity index (χ3v) is 6.07. The monoisotopic (exact) mass is 336 g/mol. The van der Waals surface area contributed by atoms with Crippen LogP contribution in [0.1, 0.15) is 80.1 Å². The molecule has 0 saturated carbocycles. The number of carbonyl (C=O) groups excluding carboxylic acids is 1. The number of amides is 1. The van der Waals surface area contributed by atoms with Crippen LogP contribution in [0.25, 0.3) is 0 Å². The van der Waals surface area contributed by atoms with Crippen LogP contribution in [0, 0.1) is 16.2 Å². The summed E-state index contributed by atoms with van der Waals surface area (Å²) in [5, 5.41) is 0. The molecular formula is C21H40N2O. The van der Waals surface area contributed by atoms with Crippen LogP contribution in [0.3, 0.4) is 0 Å². The lowest BCUT2D eigenvalue weighted by molar-refractivity contribution is -0.142. The Morgan fingerprint density at radius 2 is 1.38 bits per heavy atom. The lowest BCUT2D eigenvalue weighted by Gasteiger charge is -2.47. The fourth-order valence-corrected chi connectivity index (χ4v) is 4.24. The summed E-state index contributed by atoms with van der Waals surface area (Å²) in [5.74, 6) is 0.331. The Bertz CT molecular complexity index is 412. The van der Waals surface area contributed by atoms with Crippen molar-refractivity contribution in [3.63, 3.8) is 0 Å². The molecule has 0 aromatic carbocycles. The molecule has 0 N–H and O–H groups in total. The molecule has 0 aromatic rings. The van der Waals surface area contributed by atoms with E-state index in [2.05, 4.69) is 30.6 Å². The summed E-state index contributed by atoms with van der Waals surface area (Å²) >= 11 is 0. The molecule has 1 spiro atoms. The van der Waals surface area contributed by atoms with E-state index >= 15 is 0 Å². The first-order valence-corrected chi connectivity index (χ1v) is 10.0. The Balaban J connectivity index is 1.74. The minimum absolute atomic E-state index is 0.235. The van der Waals surface area contributed by atoms with Gasteiger partial charge in [0.15, 0.2) is 0 Å². The molecular weight excluding hydrogens is 296 g/mol. The van der Waals surface area contributed by atoms with Crippen molar-refractivity contribution in [1.29, 1.82) is 0 Å². The first kappa shape index (κ1) is 19.8. The van der Waals surface area contributed by atoms with Gasteiger partial charge < -0.3 is 9.80 Å². The van der Waals surface area contributed by atoms with Crippen molar-refractivity contribution in [2.45, 2.75) is 80.1 Å². The highest BCUT2D eigenvalue weighted by molar-refractivity contribution is 5.81. The highest BCUT2D eigenvalue weighted by Crippen LogP contribution is 2.42. The zero-order chi connectivity index (χ0) is 18.0. The van der Waals surface area contributed by atoms with Crippen molar-refractivity contribution in [3.05, 3.63) is 0 Å². The molecule has 140 valence electrons. The molecule has 2 aliphatic rings. The largest absolute Gasteiger partial charge is 0.342 e. The molecule has 1 amide bonds. The fourth-order valence-electron chi connectivity index (χ4n) is 4.24. The van der Waals surface area contributed by atoms with Gasteiger partial charge in [0.1, 0.15) is 0 Å². The van der Waals surface area contributed by atoms with Gasteiger partial charge in [-0.2, -0.15) is 0 Å². The molecule has 2 heterocycles. The molecule has 0 bridgehead atoms. The summed E-state index contributed by atoms with van der Waals surface area (Å²) in [6.45, 7) is 18.9. The van der Waals surface area contributed by atoms with Gasteiger partial charge in [0.05, 0.1) is 0 Å². The van der Waals surface area contributed by atoms with E-state index < -0.39 is 0 Å². The van der Waals surface area contributed by atoms with Crippen LogP contribution >= 0.6 is 0 Å². The summed E-state index contributed by atoms with van der Waals surface area (Å²) in [4.78, 5) is 17.2. The third kappa shape index (κ3) is 5.47. The normalized spacial score (nSPS) is 22.8. The summed E-state index contributed by atoms with van der Waals surface area (Å²) in [7, 11) is 0. The molecule has 0 atom stereocenters. The number of rotatable bonds is 3. The van der Waals surface area contributed by atoms with Gasteiger partial charge in [-0.3, -0.25) is 4.79 Å². The Hall–Kier alpha value is -0.570. The molecule has 0 unspecified atom stereocenters. The maximum absolute atomic E-state index is 12.5. The molecule has 3 heteroatoms. The highest BCUT2D eigenvalue weighted by atomic mass is 16.2. The summed E-state index contributed by atoms with van der Waals surface area (Å²) in [6, 6.07) is 0. The van der Waals surface area contributed by atoms with Crippen molar-refractivity contribution in [3.8, 4) is 0 Å². The van der Waals surface area contributed by atoms with Crippen LogP contribution in [0.15, 0.2) is 0 Å². The Morgan fingerprint density at radius 3 is 1.83 bits per heavy atom. The minimum atomic E-state index is -0.235. The third-order valence-electron chi connectivity index (χ3n) is 6.07. The number of piperidine rings is 2. The molecule has 2 rings (SSSR count). The molecule has 2 fully saturated rings. The van der Waals surface area contributed by atoms with Gasteiger partial charge in [0.2, 0.25) is 5.91 Å². The number of hydrogen-bond donors (Lipinski definition) is 0. The van der Waals surface area contributed by atoms with Crippen LogP contribution in [-0.4, -0.2) is 48.4 Å². The van der Waals surface area contributed by atoms with Crippen molar-refractivity contribution >= 4 is 5.91 Å². The van der Waals surface area contributed by atoms with Crippen molar-refractivity contribution < 1.29 is 4.79 Å².